The summed E-state index contributed by atoms with van der Waals surface area (Å²) in [5.41, 5.74) is 4.02. The number of fused-ring (bicyclic) bond motifs is 1. The maximum absolute atomic E-state index is 5.65. The molecule has 1 aromatic carbocycles. The third-order valence-corrected chi connectivity index (χ3v) is 8.24. The molecular formula is C31H42Br2N4O4. The van der Waals surface area contributed by atoms with Crippen molar-refractivity contribution in [1.29, 1.82) is 0 Å². The molecule has 3 aromatic rings. The fraction of sp³-hybridized carbons (Fsp3) is 0.419. The monoisotopic (exact) mass is 692 g/mol. The van der Waals surface area contributed by atoms with Gasteiger partial charge in [0.1, 0.15) is 17.3 Å². The Labute approximate surface area is 261 Å². The molecule has 41 heavy (non-hydrogen) atoms. The van der Waals surface area contributed by atoms with Gasteiger partial charge in [0.2, 0.25) is 0 Å². The van der Waals surface area contributed by atoms with E-state index in [4.69, 9.17) is 14.5 Å². The zero-order chi connectivity index (χ0) is 30.4. The van der Waals surface area contributed by atoms with Crippen molar-refractivity contribution < 1.29 is 19.2 Å². The molecular weight excluding hydrogens is 652 g/mol. The van der Waals surface area contributed by atoms with Crippen molar-refractivity contribution >= 4 is 43.3 Å². The van der Waals surface area contributed by atoms with Crippen molar-refractivity contribution in [2.75, 3.05) is 40.3 Å². The molecule has 0 unspecified atom stereocenters. The number of benzene rings is 1. The smallest absolute Gasteiger partial charge is 0.172 e. The van der Waals surface area contributed by atoms with Crippen LogP contribution in [0.2, 0.25) is 0 Å². The summed E-state index contributed by atoms with van der Waals surface area (Å²) < 4.78 is 14.6. The quantitative estimate of drug-likeness (QED) is 0.129. The van der Waals surface area contributed by atoms with Gasteiger partial charge in [0.05, 0.1) is 54.8 Å². The molecule has 1 aliphatic rings. The van der Waals surface area contributed by atoms with E-state index in [1.807, 2.05) is 43.4 Å². The third-order valence-electron chi connectivity index (χ3n) is 7.05. The maximum atomic E-state index is 5.65. The minimum absolute atomic E-state index is 0.615. The van der Waals surface area contributed by atoms with Crippen LogP contribution >= 0.6 is 31.9 Å². The number of aromatic nitrogens is 3. The summed E-state index contributed by atoms with van der Waals surface area (Å²) in [5, 5.41) is 7.89. The molecule has 0 amide bonds. The lowest BCUT2D eigenvalue weighted by molar-refractivity contribution is -0.248. The van der Waals surface area contributed by atoms with E-state index in [9.17, 15) is 0 Å². The number of nitrogens with one attached hydrogen (secondary N) is 1. The lowest BCUT2D eigenvalue weighted by Crippen LogP contribution is -2.23. The van der Waals surface area contributed by atoms with Gasteiger partial charge in [0.15, 0.2) is 5.65 Å². The highest BCUT2D eigenvalue weighted by molar-refractivity contribution is 9.11. The number of nitrogens with zero attached hydrogens (tertiary/aromatic N) is 3. The van der Waals surface area contributed by atoms with E-state index in [1.54, 1.807) is 31.0 Å². The lowest BCUT2D eigenvalue weighted by Gasteiger charge is -2.37. The van der Waals surface area contributed by atoms with Gasteiger partial charge in [0, 0.05) is 12.6 Å². The van der Waals surface area contributed by atoms with Crippen LogP contribution in [0, 0.1) is 5.41 Å². The topological polar surface area (TPSA) is 79.1 Å². The van der Waals surface area contributed by atoms with Gasteiger partial charge >= 0.3 is 0 Å². The van der Waals surface area contributed by atoms with Gasteiger partial charge in [-0.1, -0.05) is 57.6 Å². The Bertz CT molecular complexity index is 1330. The molecule has 0 saturated heterocycles. The molecule has 2 aromatic heterocycles. The van der Waals surface area contributed by atoms with Crippen molar-refractivity contribution in [3.05, 3.63) is 69.8 Å². The van der Waals surface area contributed by atoms with Gasteiger partial charge in [-0.3, -0.25) is 0 Å². The summed E-state index contributed by atoms with van der Waals surface area (Å²) >= 11 is 7.09. The first-order valence-electron chi connectivity index (χ1n) is 13.4. The molecule has 4 rings (SSSR count). The minimum Gasteiger partial charge on any atom is -0.496 e. The van der Waals surface area contributed by atoms with Crippen LogP contribution in [0.4, 0.5) is 5.82 Å². The highest BCUT2D eigenvalue weighted by atomic mass is 79.9. The van der Waals surface area contributed by atoms with Crippen LogP contribution in [0.3, 0.4) is 0 Å². The van der Waals surface area contributed by atoms with Crippen LogP contribution in [-0.4, -0.2) is 49.6 Å². The molecule has 0 spiro atoms. The van der Waals surface area contributed by atoms with Crippen LogP contribution in [-0.2, 0) is 9.78 Å². The number of methoxy groups -OCH3 is 2. The Balaban J connectivity index is 0.000000447. The molecule has 1 N–H and O–H groups in total. The number of hydrogen-bond donors (Lipinski definition) is 1. The van der Waals surface area contributed by atoms with Crippen molar-refractivity contribution in [3.8, 4) is 22.8 Å². The molecule has 0 aliphatic heterocycles. The number of allylic oxidation sites excluding steroid dienone is 3. The molecule has 0 atom stereocenters. The van der Waals surface area contributed by atoms with Gasteiger partial charge < -0.3 is 14.8 Å². The third kappa shape index (κ3) is 9.43. The SMILES string of the molecule is C=C/C=C\C(=C/C)CNc1cc(-c2c(OC)ccc(Br)c2OC)nc2c(Br)cnn12.CCC1(C)CCC1.COOC. The second-order valence-corrected chi connectivity index (χ2v) is 11.3. The molecule has 1 fully saturated rings. The zero-order valence-electron chi connectivity index (χ0n) is 25.1. The average Bonchev–Trinajstić information content (AvgIpc) is 3.36. The van der Waals surface area contributed by atoms with Crippen molar-refractivity contribution in [1.82, 2.24) is 14.6 Å². The first kappa shape index (κ1) is 34.5. The van der Waals surface area contributed by atoms with E-state index in [1.165, 1.54) is 39.9 Å². The minimum atomic E-state index is 0.615. The van der Waals surface area contributed by atoms with Crippen LogP contribution in [0.25, 0.3) is 16.9 Å². The summed E-state index contributed by atoms with van der Waals surface area (Å²) in [6.07, 6.45) is 15.3. The Morgan fingerprint density at radius 2 is 1.83 bits per heavy atom. The number of rotatable bonds is 10. The van der Waals surface area contributed by atoms with Gasteiger partial charge in [-0.15, -0.1) is 0 Å². The number of ether oxygens (including phenoxy) is 2. The average molecular weight is 695 g/mol. The van der Waals surface area contributed by atoms with E-state index in [0.29, 0.717) is 29.4 Å². The first-order valence-corrected chi connectivity index (χ1v) is 15.0. The highest BCUT2D eigenvalue weighted by Gasteiger charge is 2.28. The van der Waals surface area contributed by atoms with Crippen LogP contribution in [0.1, 0.15) is 46.5 Å². The predicted octanol–water partition coefficient (Wildman–Crippen LogP) is 8.82. The van der Waals surface area contributed by atoms with Crippen molar-refractivity contribution in [2.24, 2.45) is 5.41 Å². The molecule has 8 nitrogen and oxygen atoms in total. The van der Waals surface area contributed by atoms with Gasteiger partial charge in [0.25, 0.3) is 0 Å². The summed E-state index contributed by atoms with van der Waals surface area (Å²) in [6, 6.07) is 5.70. The Morgan fingerprint density at radius 1 is 1.12 bits per heavy atom. The second kappa shape index (κ2) is 17.3. The summed E-state index contributed by atoms with van der Waals surface area (Å²) in [5.74, 6) is 2.10. The molecule has 2 heterocycles. The fourth-order valence-corrected chi connectivity index (χ4v) is 4.96. The van der Waals surface area contributed by atoms with E-state index < -0.39 is 0 Å². The fourth-order valence-electron chi connectivity index (χ4n) is 4.12. The van der Waals surface area contributed by atoms with Crippen molar-refractivity contribution in [2.45, 2.75) is 46.5 Å². The van der Waals surface area contributed by atoms with Crippen LogP contribution in [0.5, 0.6) is 11.5 Å². The summed E-state index contributed by atoms with van der Waals surface area (Å²) in [4.78, 5) is 12.9. The second-order valence-electron chi connectivity index (χ2n) is 9.58. The lowest BCUT2D eigenvalue weighted by atomic mass is 9.69. The zero-order valence-corrected chi connectivity index (χ0v) is 28.3. The van der Waals surface area contributed by atoms with E-state index in [2.05, 4.69) is 72.5 Å². The molecule has 1 aliphatic carbocycles. The number of anilines is 1. The maximum Gasteiger partial charge on any atom is 0.172 e. The standard InChI is InChI=1S/C22H22Br2N4O2.C7H14.C2H6O2/c1-5-7-8-14(6-2)12-25-19-11-17(27-22-16(24)13-26-28(19)22)20-18(29-3)10-9-15(23)21(20)30-4;1-3-7(2)5-4-6-7;1-3-4-2/h5-11,13,25H,1,12H2,2-4H3;3-6H2,1-2H3;1-2H3/b8-7-,14-6+;;. The van der Waals surface area contributed by atoms with Gasteiger partial charge in [-0.2, -0.15) is 9.61 Å². The Hall–Kier alpha value is -2.66. The normalized spacial score (nSPS) is 13.9. The molecule has 224 valence electrons. The van der Waals surface area contributed by atoms with E-state index >= 15 is 0 Å². The first-order chi connectivity index (χ1) is 19.7. The van der Waals surface area contributed by atoms with Crippen molar-refractivity contribution in [3.63, 3.8) is 0 Å². The van der Waals surface area contributed by atoms with E-state index in [0.717, 1.165) is 31.3 Å². The predicted molar refractivity (Wildman–Crippen MR) is 175 cm³/mol. The molecule has 10 heteroatoms. The summed E-state index contributed by atoms with van der Waals surface area (Å²) in [7, 11) is 6.17. The largest absolute Gasteiger partial charge is 0.496 e. The Kier molecular flexibility index (Phi) is 14.6. The van der Waals surface area contributed by atoms with Crippen LogP contribution < -0.4 is 14.8 Å². The van der Waals surface area contributed by atoms with E-state index in [-0.39, 0.29) is 0 Å². The van der Waals surface area contributed by atoms with Gasteiger partial charge in [-0.25, -0.2) is 14.8 Å². The van der Waals surface area contributed by atoms with Gasteiger partial charge in [-0.05, 0) is 74.7 Å². The molecule has 1 saturated carbocycles. The highest BCUT2D eigenvalue weighted by Crippen LogP contribution is 2.44. The number of halogens is 2. The molecule has 0 radical (unpaired) electrons. The number of hydrogen-bond acceptors (Lipinski definition) is 7. The Morgan fingerprint density at radius 3 is 2.32 bits per heavy atom. The summed E-state index contributed by atoms with van der Waals surface area (Å²) in [6.45, 7) is 11.0. The van der Waals surface area contributed by atoms with Crippen LogP contribution in [0.15, 0.2) is 69.8 Å². The molecule has 0 bridgehead atoms.